The number of hydrogen-bond acceptors (Lipinski definition) is 2. The first-order valence-corrected chi connectivity index (χ1v) is 7.61. The molecule has 0 saturated heterocycles. The van der Waals surface area contributed by atoms with Gasteiger partial charge >= 0.3 is 0 Å². The Morgan fingerprint density at radius 1 is 0.842 bits per heavy atom. The summed E-state index contributed by atoms with van der Waals surface area (Å²) in [4.78, 5) is 13.2. The third-order valence-corrected chi connectivity index (χ3v) is 4.00. The number of thioether (sulfide) groups is 1. The van der Waals surface area contributed by atoms with Crippen LogP contribution in [0.15, 0.2) is 65.6 Å². The van der Waals surface area contributed by atoms with Crippen molar-refractivity contribution in [1.82, 2.24) is 0 Å². The fraction of sp³-hybridized carbons (Fsp3) is 0.235. The predicted molar refractivity (Wildman–Crippen MR) is 81.8 cm³/mol. The molecule has 0 fully saturated rings. The molecule has 0 bridgehead atoms. The van der Waals surface area contributed by atoms with E-state index in [0.29, 0.717) is 6.42 Å². The summed E-state index contributed by atoms with van der Waals surface area (Å²) in [5, 5.41) is 0. The molecule has 2 rings (SSSR count). The van der Waals surface area contributed by atoms with Crippen LogP contribution in [0.5, 0.6) is 0 Å². The highest BCUT2D eigenvalue weighted by Crippen LogP contribution is 2.19. The molecule has 98 valence electrons. The average molecular weight is 270 g/mol. The maximum absolute atomic E-state index is 11.9. The molecular weight excluding hydrogens is 252 g/mol. The van der Waals surface area contributed by atoms with Gasteiger partial charge in [0.2, 0.25) is 0 Å². The van der Waals surface area contributed by atoms with E-state index in [1.54, 1.807) is 0 Å². The van der Waals surface area contributed by atoms with Gasteiger partial charge in [-0.3, -0.25) is 4.79 Å². The van der Waals surface area contributed by atoms with Crippen molar-refractivity contribution in [2.45, 2.75) is 24.2 Å². The first-order valence-electron chi connectivity index (χ1n) is 6.62. The molecule has 2 aromatic carbocycles. The average Bonchev–Trinajstić information content (AvgIpc) is 2.49. The lowest BCUT2D eigenvalue weighted by atomic mass is 10.1. The van der Waals surface area contributed by atoms with E-state index in [-0.39, 0.29) is 5.78 Å². The van der Waals surface area contributed by atoms with Gasteiger partial charge in [-0.2, -0.15) is 0 Å². The molecule has 19 heavy (non-hydrogen) atoms. The van der Waals surface area contributed by atoms with E-state index in [1.807, 2.05) is 48.2 Å². The molecule has 2 aromatic rings. The monoisotopic (exact) mass is 270 g/mol. The standard InChI is InChI=1S/C17H18OS/c18-17(15-9-3-1-4-10-15)13-7-8-14-19-16-11-5-2-6-12-16/h1-6,9-12H,7-8,13-14H2. The quantitative estimate of drug-likeness (QED) is 0.407. The van der Waals surface area contributed by atoms with Crippen LogP contribution in [0.4, 0.5) is 0 Å². The Hall–Kier alpha value is -1.54. The zero-order chi connectivity index (χ0) is 13.3. The summed E-state index contributed by atoms with van der Waals surface area (Å²) in [5.74, 6) is 1.33. The predicted octanol–water partition coefficient (Wildman–Crippen LogP) is 4.83. The van der Waals surface area contributed by atoms with Gasteiger partial charge in [-0.05, 0) is 30.7 Å². The highest BCUT2D eigenvalue weighted by molar-refractivity contribution is 7.99. The molecule has 0 aliphatic heterocycles. The van der Waals surface area contributed by atoms with Gasteiger partial charge in [-0.1, -0.05) is 48.5 Å². The second-order valence-electron chi connectivity index (χ2n) is 4.41. The Balaban J connectivity index is 1.63. The topological polar surface area (TPSA) is 17.1 Å². The molecule has 0 N–H and O–H groups in total. The second-order valence-corrected chi connectivity index (χ2v) is 5.58. The van der Waals surface area contributed by atoms with E-state index in [9.17, 15) is 4.79 Å². The third-order valence-electron chi connectivity index (χ3n) is 2.91. The van der Waals surface area contributed by atoms with Gasteiger partial charge in [0.15, 0.2) is 5.78 Å². The zero-order valence-electron chi connectivity index (χ0n) is 10.9. The van der Waals surface area contributed by atoms with Crippen molar-refractivity contribution in [3.63, 3.8) is 0 Å². The van der Waals surface area contributed by atoms with Gasteiger partial charge in [-0.25, -0.2) is 0 Å². The summed E-state index contributed by atoms with van der Waals surface area (Å²) in [6, 6.07) is 19.9. The van der Waals surface area contributed by atoms with Crippen LogP contribution < -0.4 is 0 Å². The van der Waals surface area contributed by atoms with Crippen LogP contribution in [0.25, 0.3) is 0 Å². The first kappa shape index (κ1) is 13.9. The Morgan fingerprint density at radius 3 is 2.16 bits per heavy atom. The maximum atomic E-state index is 11.9. The van der Waals surface area contributed by atoms with Crippen molar-refractivity contribution in [2.24, 2.45) is 0 Å². The van der Waals surface area contributed by atoms with Gasteiger partial charge in [-0.15, -0.1) is 11.8 Å². The van der Waals surface area contributed by atoms with Crippen LogP contribution in [0.2, 0.25) is 0 Å². The van der Waals surface area contributed by atoms with Crippen molar-refractivity contribution >= 4 is 17.5 Å². The maximum Gasteiger partial charge on any atom is 0.162 e. The molecule has 0 unspecified atom stereocenters. The molecule has 0 saturated carbocycles. The molecule has 0 heterocycles. The van der Waals surface area contributed by atoms with Crippen LogP contribution in [-0.4, -0.2) is 11.5 Å². The van der Waals surface area contributed by atoms with Crippen LogP contribution in [0.1, 0.15) is 29.6 Å². The van der Waals surface area contributed by atoms with Crippen molar-refractivity contribution in [2.75, 3.05) is 5.75 Å². The number of hydrogen-bond donors (Lipinski definition) is 0. The molecular formula is C17H18OS. The molecule has 0 aliphatic rings. The fourth-order valence-electron chi connectivity index (χ4n) is 1.86. The second kappa shape index (κ2) is 7.80. The zero-order valence-corrected chi connectivity index (χ0v) is 11.7. The molecule has 0 spiro atoms. The molecule has 0 radical (unpaired) electrons. The minimum Gasteiger partial charge on any atom is -0.294 e. The van der Waals surface area contributed by atoms with Crippen LogP contribution in [-0.2, 0) is 0 Å². The van der Waals surface area contributed by atoms with Crippen LogP contribution in [0.3, 0.4) is 0 Å². The van der Waals surface area contributed by atoms with Crippen molar-refractivity contribution in [3.05, 3.63) is 66.2 Å². The Labute approximate surface area is 119 Å². The summed E-state index contributed by atoms with van der Waals surface area (Å²) in [6.07, 6.45) is 2.70. The molecule has 2 heteroatoms. The lowest BCUT2D eigenvalue weighted by Crippen LogP contribution is -1.98. The Morgan fingerprint density at radius 2 is 1.47 bits per heavy atom. The van der Waals surface area contributed by atoms with Gasteiger partial charge < -0.3 is 0 Å². The van der Waals surface area contributed by atoms with E-state index < -0.39 is 0 Å². The highest BCUT2D eigenvalue weighted by atomic mass is 32.2. The first-order chi connectivity index (χ1) is 9.36. The van der Waals surface area contributed by atoms with Gasteiger partial charge in [0.05, 0.1) is 0 Å². The van der Waals surface area contributed by atoms with Gasteiger partial charge in [0.1, 0.15) is 0 Å². The van der Waals surface area contributed by atoms with E-state index in [2.05, 4.69) is 24.3 Å². The number of carbonyl (C=O) groups excluding carboxylic acids is 1. The number of rotatable bonds is 7. The molecule has 0 aromatic heterocycles. The number of unbranched alkanes of at least 4 members (excludes halogenated alkanes) is 1. The van der Waals surface area contributed by atoms with E-state index in [0.717, 1.165) is 24.2 Å². The minimum absolute atomic E-state index is 0.255. The van der Waals surface area contributed by atoms with Crippen molar-refractivity contribution in [1.29, 1.82) is 0 Å². The fourth-order valence-corrected chi connectivity index (χ4v) is 2.80. The van der Waals surface area contributed by atoms with E-state index >= 15 is 0 Å². The summed E-state index contributed by atoms with van der Waals surface area (Å²) in [7, 11) is 0. The minimum atomic E-state index is 0.255. The van der Waals surface area contributed by atoms with E-state index in [4.69, 9.17) is 0 Å². The van der Waals surface area contributed by atoms with Gasteiger partial charge in [0, 0.05) is 16.9 Å². The molecule has 1 nitrogen and oxygen atoms in total. The molecule has 0 aliphatic carbocycles. The molecule has 0 amide bonds. The Bertz CT molecular complexity index is 493. The lowest BCUT2D eigenvalue weighted by Gasteiger charge is -2.02. The summed E-state index contributed by atoms with van der Waals surface area (Å²) >= 11 is 1.86. The normalized spacial score (nSPS) is 10.3. The van der Waals surface area contributed by atoms with Crippen LogP contribution >= 0.6 is 11.8 Å². The number of ketones is 1. The van der Waals surface area contributed by atoms with E-state index in [1.165, 1.54) is 4.90 Å². The lowest BCUT2D eigenvalue weighted by molar-refractivity contribution is 0.0980. The third kappa shape index (κ3) is 4.92. The smallest absolute Gasteiger partial charge is 0.162 e. The number of carbonyl (C=O) groups is 1. The molecule has 0 atom stereocenters. The van der Waals surface area contributed by atoms with Crippen molar-refractivity contribution < 1.29 is 4.79 Å². The Kier molecular flexibility index (Phi) is 5.70. The summed E-state index contributed by atoms with van der Waals surface area (Å²) < 4.78 is 0. The largest absolute Gasteiger partial charge is 0.294 e. The number of benzene rings is 2. The highest BCUT2D eigenvalue weighted by Gasteiger charge is 2.04. The SMILES string of the molecule is O=C(CCCCSc1ccccc1)c1ccccc1. The summed E-state index contributed by atoms with van der Waals surface area (Å²) in [6.45, 7) is 0. The van der Waals surface area contributed by atoms with Crippen molar-refractivity contribution in [3.8, 4) is 0 Å². The van der Waals surface area contributed by atoms with Crippen LogP contribution in [0, 0.1) is 0 Å². The van der Waals surface area contributed by atoms with Gasteiger partial charge in [0.25, 0.3) is 0 Å². The number of Topliss-reactive ketones (excluding diaryl/α,β-unsaturated/α-hetero) is 1. The summed E-state index contributed by atoms with van der Waals surface area (Å²) in [5.41, 5.74) is 0.832.